The van der Waals surface area contributed by atoms with Crippen molar-refractivity contribution in [3.63, 3.8) is 0 Å². The lowest BCUT2D eigenvalue weighted by atomic mass is 10.1. The summed E-state index contributed by atoms with van der Waals surface area (Å²) in [5, 5.41) is 19.2. The Morgan fingerprint density at radius 3 is 2.65 bits per heavy atom. The molecular formula is C8H5BrF2N2O4. The molecule has 0 spiro atoms. The fourth-order valence-electron chi connectivity index (χ4n) is 1.18. The number of alkyl halides is 2. The van der Waals surface area contributed by atoms with E-state index in [-0.39, 0.29) is 5.56 Å². The van der Waals surface area contributed by atoms with Gasteiger partial charge in [-0.05, 0) is 22.0 Å². The molecule has 1 N–H and O–H groups in total. The van der Waals surface area contributed by atoms with E-state index >= 15 is 0 Å². The smallest absolute Gasteiger partial charge is 0.308 e. The summed E-state index contributed by atoms with van der Waals surface area (Å²) in [6.07, 6.45) is -3.66. The molecule has 0 unspecified atom stereocenters. The van der Waals surface area contributed by atoms with E-state index in [1.54, 1.807) is 0 Å². The van der Waals surface area contributed by atoms with Crippen LogP contribution in [-0.4, -0.2) is 21.0 Å². The molecule has 0 saturated heterocycles. The van der Waals surface area contributed by atoms with Gasteiger partial charge in [-0.1, -0.05) is 0 Å². The molecule has 0 bridgehead atoms. The zero-order chi connectivity index (χ0) is 13.2. The fraction of sp³-hybridized carbons (Fsp3) is 0.250. The number of hydrogen-bond acceptors (Lipinski definition) is 4. The first-order chi connectivity index (χ1) is 7.82. The van der Waals surface area contributed by atoms with Crippen molar-refractivity contribution in [3.05, 3.63) is 32.0 Å². The number of aromatic nitrogens is 1. The SMILES string of the molecule is O=C(O)Cc1cc(C(F)F)nc(Br)c1[N+](=O)[O-]. The average Bonchev–Trinajstić information content (AvgIpc) is 2.14. The molecule has 0 aliphatic heterocycles. The first-order valence-electron chi connectivity index (χ1n) is 4.16. The van der Waals surface area contributed by atoms with Crippen LogP contribution in [-0.2, 0) is 11.2 Å². The van der Waals surface area contributed by atoms with Gasteiger partial charge in [0, 0.05) is 5.56 Å². The zero-order valence-corrected chi connectivity index (χ0v) is 9.65. The van der Waals surface area contributed by atoms with Crippen LogP contribution >= 0.6 is 15.9 Å². The van der Waals surface area contributed by atoms with Gasteiger partial charge in [-0.15, -0.1) is 0 Å². The monoisotopic (exact) mass is 310 g/mol. The summed E-state index contributed by atoms with van der Waals surface area (Å²) < 4.78 is 24.4. The second-order valence-corrected chi connectivity index (χ2v) is 3.73. The van der Waals surface area contributed by atoms with Crippen molar-refractivity contribution in [1.29, 1.82) is 0 Å². The fourth-order valence-corrected chi connectivity index (χ4v) is 1.78. The normalized spacial score (nSPS) is 10.6. The number of pyridine rings is 1. The Kier molecular flexibility index (Phi) is 4.05. The van der Waals surface area contributed by atoms with Crippen molar-refractivity contribution < 1.29 is 23.6 Å². The van der Waals surface area contributed by atoms with Crippen molar-refractivity contribution >= 4 is 27.6 Å². The summed E-state index contributed by atoms with van der Waals surface area (Å²) in [5.41, 5.74) is -1.64. The van der Waals surface area contributed by atoms with E-state index in [2.05, 4.69) is 20.9 Å². The highest BCUT2D eigenvalue weighted by Gasteiger charge is 2.25. The van der Waals surface area contributed by atoms with Crippen LogP contribution in [0.3, 0.4) is 0 Å². The van der Waals surface area contributed by atoms with Crippen LogP contribution in [0.2, 0.25) is 0 Å². The average molecular weight is 311 g/mol. The molecule has 9 heteroatoms. The van der Waals surface area contributed by atoms with Crippen LogP contribution in [0, 0.1) is 10.1 Å². The Morgan fingerprint density at radius 1 is 1.65 bits per heavy atom. The number of aliphatic carboxylic acids is 1. The van der Waals surface area contributed by atoms with Crippen LogP contribution in [0.4, 0.5) is 14.5 Å². The van der Waals surface area contributed by atoms with E-state index < -0.39 is 39.7 Å². The van der Waals surface area contributed by atoms with Gasteiger partial charge in [-0.25, -0.2) is 13.8 Å². The molecule has 6 nitrogen and oxygen atoms in total. The van der Waals surface area contributed by atoms with Gasteiger partial charge in [0.1, 0.15) is 5.69 Å². The number of hydrogen-bond donors (Lipinski definition) is 1. The van der Waals surface area contributed by atoms with Gasteiger partial charge >= 0.3 is 11.7 Å². The van der Waals surface area contributed by atoms with Gasteiger partial charge in [-0.2, -0.15) is 0 Å². The molecule has 1 heterocycles. The number of carboxylic acids is 1. The third-order valence-electron chi connectivity index (χ3n) is 1.80. The quantitative estimate of drug-likeness (QED) is 0.523. The lowest BCUT2D eigenvalue weighted by Crippen LogP contribution is -2.07. The second-order valence-electron chi connectivity index (χ2n) is 2.97. The number of rotatable bonds is 4. The molecule has 1 aromatic heterocycles. The summed E-state index contributed by atoms with van der Waals surface area (Å²) in [4.78, 5) is 23.6. The Balaban J connectivity index is 3.38. The standard InChI is InChI=1S/C8H5BrF2N2O4/c9-7-6(13(16)17)3(2-5(14)15)1-4(12-7)8(10)11/h1,8H,2H2,(H,14,15). The van der Waals surface area contributed by atoms with E-state index in [0.29, 0.717) is 0 Å². The van der Waals surface area contributed by atoms with Crippen molar-refractivity contribution in [3.8, 4) is 0 Å². The van der Waals surface area contributed by atoms with Crippen LogP contribution in [0.25, 0.3) is 0 Å². The summed E-state index contributed by atoms with van der Waals surface area (Å²) in [6.45, 7) is 0. The summed E-state index contributed by atoms with van der Waals surface area (Å²) in [7, 11) is 0. The van der Waals surface area contributed by atoms with Crippen molar-refractivity contribution in [2.75, 3.05) is 0 Å². The second kappa shape index (κ2) is 5.13. The number of nitro groups is 1. The maximum Gasteiger partial charge on any atom is 0.308 e. The summed E-state index contributed by atoms with van der Waals surface area (Å²) >= 11 is 2.68. The van der Waals surface area contributed by atoms with Crippen LogP contribution in [0.1, 0.15) is 17.7 Å². The molecule has 17 heavy (non-hydrogen) atoms. The molecule has 0 saturated carbocycles. The Hall–Kier alpha value is -1.64. The van der Waals surface area contributed by atoms with E-state index in [4.69, 9.17) is 5.11 Å². The minimum atomic E-state index is -2.93. The van der Waals surface area contributed by atoms with Gasteiger partial charge in [0.05, 0.1) is 11.3 Å². The summed E-state index contributed by atoms with van der Waals surface area (Å²) in [5.74, 6) is -1.36. The number of nitrogens with zero attached hydrogens (tertiary/aromatic N) is 2. The number of carbonyl (C=O) groups is 1. The van der Waals surface area contributed by atoms with E-state index in [0.717, 1.165) is 6.07 Å². The predicted molar refractivity (Wildman–Crippen MR) is 54.9 cm³/mol. The van der Waals surface area contributed by atoms with Crippen LogP contribution < -0.4 is 0 Å². The Labute approximate surface area is 102 Å². The van der Waals surface area contributed by atoms with E-state index in [1.165, 1.54) is 0 Å². The number of carboxylic acid groups (broad SMARTS) is 1. The largest absolute Gasteiger partial charge is 0.481 e. The Morgan fingerprint density at radius 2 is 2.24 bits per heavy atom. The molecule has 0 atom stereocenters. The molecule has 1 aromatic rings. The predicted octanol–water partition coefficient (Wildman–Crippen LogP) is 2.32. The minimum absolute atomic E-state index is 0.320. The molecule has 0 radical (unpaired) electrons. The molecule has 1 rings (SSSR count). The molecule has 0 aliphatic carbocycles. The van der Waals surface area contributed by atoms with Crippen molar-refractivity contribution in [1.82, 2.24) is 4.98 Å². The molecule has 0 amide bonds. The van der Waals surface area contributed by atoms with E-state index in [1.807, 2.05) is 0 Å². The zero-order valence-electron chi connectivity index (χ0n) is 8.06. The van der Waals surface area contributed by atoms with E-state index in [9.17, 15) is 23.7 Å². The van der Waals surface area contributed by atoms with Crippen molar-refractivity contribution in [2.45, 2.75) is 12.8 Å². The number of halogens is 3. The third kappa shape index (κ3) is 3.16. The minimum Gasteiger partial charge on any atom is -0.481 e. The molecule has 0 aliphatic rings. The topological polar surface area (TPSA) is 93.3 Å². The highest BCUT2D eigenvalue weighted by atomic mass is 79.9. The lowest BCUT2D eigenvalue weighted by Gasteiger charge is -2.05. The highest BCUT2D eigenvalue weighted by Crippen LogP contribution is 2.31. The van der Waals surface area contributed by atoms with Crippen LogP contribution in [0.5, 0.6) is 0 Å². The van der Waals surface area contributed by atoms with Crippen molar-refractivity contribution in [2.24, 2.45) is 0 Å². The van der Waals surface area contributed by atoms with Gasteiger partial charge in [0.25, 0.3) is 6.43 Å². The van der Waals surface area contributed by atoms with Gasteiger partial charge in [0.2, 0.25) is 0 Å². The van der Waals surface area contributed by atoms with Gasteiger partial charge in [-0.3, -0.25) is 14.9 Å². The summed E-state index contributed by atoms with van der Waals surface area (Å²) in [6, 6.07) is 0.724. The lowest BCUT2D eigenvalue weighted by molar-refractivity contribution is -0.386. The molecule has 0 fully saturated rings. The molecule has 92 valence electrons. The maximum absolute atomic E-state index is 12.4. The maximum atomic E-state index is 12.4. The third-order valence-corrected chi connectivity index (χ3v) is 2.35. The molecule has 0 aromatic carbocycles. The highest BCUT2D eigenvalue weighted by molar-refractivity contribution is 9.10. The first-order valence-corrected chi connectivity index (χ1v) is 4.96. The Bertz CT molecular complexity index is 481. The van der Waals surface area contributed by atoms with Gasteiger partial charge in [0.15, 0.2) is 4.60 Å². The van der Waals surface area contributed by atoms with Gasteiger partial charge < -0.3 is 5.11 Å². The van der Waals surface area contributed by atoms with Crippen LogP contribution in [0.15, 0.2) is 10.7 Å². The molecular weight excluding hydrogens is 306 g/mol. The first kappa shape index (κ1) is 13.4.